The number of anilines is 1. The lowest BCUT2D eigenvalue weighted by atomic mass is 10.1. The van der Waals surface area contributed by atoms with Crippen molar-refractivity contribution in [1.29, 1.82) is 0 Å². The summed E-state index contributed by atoms with van der Waals surface area (Å²) >= 11 is 0. The third kappa shape index (κ3) is 3.22. The first kappa shape index (κ1) is 16.7. The van der Waals surface area contributed by atoms with Crippen molar-refractivity contribution in [2.24, 2.45) is 0 Å². The number of urea groups is 1. The number of nitrogens with zero attached hydrogens (tertiary/aromatic N) is 2. The molecule has 3 rings (SSSR count). The van der Waals surface area contributed by atoms with Crippen LogP contribution < -0.4 is 10.2 Å². The normalized spacial score (nSPS) is 23.3. The molecule has 2 aliphatic heterocycles. The maximum Gasteiger partial charge on any atom is 0.324 e. The predicted molar refractivity (Wildman–Crippen MR) is 88.9 cm³/mol. The third-order valence-corrected chi connectivity index (χ3v) is 4.76. The molecule has 2 N–H and O–H groups in total. The average Bonchev–Trinajstić information content (AvgIpc) is 2.97. The second-order valence-corrected chi connectivity index (χ2v) is 6.14. The molecule has 0 unspecified atom stereocenters. The van der Waals surface area contributed by atoms with Crippen molar-refractivity contribution in [3.63, 3.8) is 0 Å². The number of aliphatic hydroxyl groups excluding tert-OH is 1. The molecule has 2 saturated heterocycles. The van der Waals surface area contributed by atoms with Crippen molar-refractivity contribution in [2.75, 3.05) is 38.3 Å². The molecule has 2 atom stereocenters. The van der Waals surface area contributed by atoms with Crippen LogP contribution in [0.25, 0.3) is 0 Å². The third-order valence-electron chi connectivity index (χ3n) is 4.76. The predicted octanol–water partition coefficient (Wildman–Crippen LogP) is 0.367. The summed E-state index contributed by atoms with van der Waals surface area (Å²) in [5.74, 6) is -0.229. The number of amides is 2. The fraction of sp³-hybridized carbons (Fsp3) is 0.529. The molecule has 0 aliphatic carbocycles. The van der Waals surface area contributed by atoms with E-state index >= 15 is 0 Å². The molecule has 2 aliphatic rings. The Bertz CT molecular complexity index is 604. The molecule has 0 saturated carbocycles. The first-order chi connectivity index (χ1) is 11.6. The molecule has 2 amide bonds. The molecule has 0 bridgehead atoms. The first-order valence-electron chi connectivity index (χ1n) is 8.22. The largest absolute Gasteiger partial charge is 0.469 e. The SMILES string of the molecule is COC(=O)CCc1ccc(N2C[C@@H]3[C@@H](CO)NCCN3C2=O)cc1. The summed E-state index contributed by atoms with van der Waals surface area (Å²) in [5, 5.41) is 12.7. The molecule has 130 valence electrons. The highest BCUT2D eigenvalue weighted by Crippen LogP contribution is 2.27. The monoisotopic (exact) mass is 333 g/mol. The number of ether oxygens (including phenoxy) is 1. The van der Waals surface area contributed by atoms with E-state index in [-0.39, 0.29) is 30.7 Å². The van der Waals surface area contributed by atoms with Crippen molar-refractivity contribution in [3.05, 3.63) is 29.8 Å². The zero-order chi connectivity index (χ0) is 17.1. The number of piperazine rings is 1. The highest BCUT2D eigenvalue weighted by molar-refractivity contribution is 5.94. The highest BCUT2D eigenvalue weighted by Gasteiger charge is 2.43. The molecule has 1 aromatic carbocycles. The standard InChI is InChI=1S/C17H23N3O4/c1-24-16(22)7-4-12-2-5-13(6-3-12)20-10-15-14(11-21)18-8-9-19(15)17(20)23/h2-3,5-6,14-15,18,21H,4,7-11H2,1H3/t14-,15-/m1/s1. The van der Waals surface area contributed by atoms with Crippen molar-refractivity contribution in [3.8, 4) is 0 Å². The summed E-state index contributed by atoms with van der Waals surface area (Å²) in [5.41, 5.74) is 1.87. The Balaban J connectivity index is 1.68. The first-order valence-corrected chi connectivity index (χ1v) is 8.22. The zero-order valence-corrected chi connectivity index (χ0v) is 13.8. The van der Waals surface area contributed by atoms with Crippen molar-refractivity contribution in [1.82, 2.24) is 10.2 Å². The van der Waals surface area contributed by atoms with Crippen LogP contribution in [0.4, 0.5) is 10.5 Å². The zero-order valence-electron chi connectivity index (χ0n) is 13.8. The summed E-state index contributed by atoms with van der Waals surface area (Å²) in [6, 6.07) is 7.59. The molecule has 7 nitrogen and oxygen atoms in total. The lowest BCUT2D eigenvalue weighted by molar-refractivity contribution is -0.140. The second kappa shape index (κ2) is 7.19. The Labute approximate surface area is 141 Å². The van der Waals surface area contributed by atoms with Crippen LogP contribution >= 0.6 is 0 Å². The van der Waals surface area contributed by atoms with Crippen molar-refractivity contribution < 1.29 is 19.4 Å². The van der Waals surface area contributed by atoms with E-state index in [1.807, 2.05) is 29.2 Å². The summed E-state index contributed by atoms with van der Waals surface area (Å²) < 4.78 is 4.64. The Morgan fingerprint density at radius 2 is 2.12 bits per heavy atom. The highest BCUT2D eigenvalue weighted by atomic mass is 16.5. The van der Waals surface area contributed by atoms with Gasteiger partial charge in [0.1, 0.15) is 0 Å². The van der Waals surface area contributed by atoms with Crippen LogP contribution in [0, 0.1) is 0 Å². The van der Waals surface area contributed by atoms with Crippen molar-refractivity contribution >= 4 is 17.7 Å². The van der Waals surface area contributed by atoms with Crippen molar-refractivity contribution in [2.45, 2.75) is 24.9 Å². The van der Waals surface area contributed by atoms with E-state index in [1.165, 1.54) is 7.11 Å². The van der Waals surface area contributed by atoms with Gasteiger partial charge in [-0.15, -0.1) is 0 Å². The number of benzene rings is 1. The minimum atomic E-state index is -0.229. The van der Waals surface area contributed by atoms with Gasteiger partial charge >= 0.3 is 12.0 Å². The van der Waals surface area contributed by atoms with Gasteiger partial charge in [-0.25, -0.2) is 4.79 Å². The lowest BCUT2D eigenvalue weighted by Gasteiger charge is -2.35. The molecule has 0 aromatic heterocycles. The number of rotatable bonds is 5. The van der Waals surface area contributed by atoms with Gasteiger partial charge in [0.15, 0.2) is 0 Å². The fourth-order valence-corrected chi connectivity index (χ4v) is 3.37. The van der Waals surface area contributed by atoms with E-state index in [0.29, 0.717) is 32.5 Å². The van der Waals surface area contributed by atoms with Crippen LogP contribution in [0.5, 0.6) is 0 Å². The molecule has 7 heteroatoms. The van der Waals surface area contributed by atoms with Gasteiger partial charge in [0, 0.05) is 31.7 Å². The van der Waals surface area contributed by atoms with Gasteiger partial charge in [0.2, 0.25) is 0 Å². The van der Waals surface area contributed by atoms with Gasteiger partial charge in [-0.1, -0.05) is 12.1 Å². The number of fused-ring (bicyclic) bond motifs is 1. The molecule has 1 aromatic rings. The molecular formula is C17H23N3O4. The number of carbonyl (C=O) groups excluding carboxylic acids is 2. The second-order valence-electron chi connectivity index (χ2n) is 6.14. The van der Waals surface area contributed by atoms with E-state index in [0.717, 1.165) is 11.3 Å². The number of methoxy groups -OCH3 is 1. The molecular weight excluding hydrogens is 310 g/mol. The van der Waals surface area contributed by atoms with Gasteiger partial charge < -0.3 is 20.1 Å². The maximum atomic E-state index is 12.6. The van der Waals surface area contributed by atoms with Gasteiger partial charge in [-0.3, -0.25) is 9.69 Å². The van der Waals surface area contributed by atoms with E-state index in [9.17, 15) is 14.7 Å². The maximum absolute atomic E-state index is 12.6. The number of aryl methyl sites for hydroxylation is 1. The van der Waals surface area contributed by atoms with E-state index in [1.54, 1.807) is 4.90 Å². The number of aliphatic hydroxyl groups is 1. The Morgan fingerprint density at radius 3 is 2.79 bits per heavy atom. The van der Waals surface area contributed by atoms with Crippen LogP contribution in [0.2, 0.25) is 0 Å². The number of esters is 1. The quantitative estimate of drug-likeness (QED) is 0.761. The molecule has 0 radical (unpaired) electrons. The summed E-state index contributed by atoms with van der Waals surface area (Å²) in [6.07, 6.45) is 0.963. The van der Waals surface area contributed by atoms with Crippen LogP contribution in [-0.2, 0) is 16.0 Å². The fourth-order valence-electron chi connectivity index (χ4n) is 3.37. The van der Waals surface area contributed by atoms with Gasteiger partial charge in [0.25, 0.3) is 0 Å². The molecule has 0 spiro atoms. The van der Waals surface area contributed by atoms with Gasteiger partial charge in [-0.05, 0) is 24.1 Å². The molecule has 2 heterocycles. The van der Waals surface area contributed by atoms with Gasteiger partial charge in [-0.2, -0.15) is 0 Å². The lowest BCUT2D eigenvalue weighted by Crippen LogP contribution is -2.58. The number of hydrogen-bond donors (Lipinski definition) is 2. The average molecular weight is 333 g/mol. The smallest absolute Gasteiger partial charge is 0.324 e. The summed E-state index contributed by atoms with van der Waals surface area (Å²) in [6.45, 7) is 1.95. The number of nitrogens with one attached hydrogen (secondary N) is 1. The topological polar surface area (TPSA) is 82.1 Å². The van der Waals surface area contributed by atoms with Crippen LogP contribution in [0.1, 0.15) is 12.0 Å². The van der Waals surface area contributed by atoms with E-state index < -0.39 is 0 Å². The Morgan fingerprint density at radius 1 is 1.38 bits per heavy atom. The summed E-state index contributed by atoms with van der Waals surface area (Å²) in [4.78, 5) is 27.4. The number of carbonyl (C=O) groups is 2. The van der Waals surface area contributed by atoms with Gasteiger partial charge in [0.05, 0.1) is 25.8 Å². The Kier molecular flexibility index (Phi) is 5.01. The van der Waals surface area contributed by atoms with Crippen LogP contribution in [-0.4, -0.2) is 67.4 Å². The molecule has 24 heavy (non-hydrogen) atoms. The van der Waals surface area contributed by atoms with E-state index in [4.69, 9.17) is 0 Å². The minimum absolute atomic E-state index is 0.00440. The van der Waals surface area contributed by atoms with E-state index in [2.05, 4.69) is 10.1 Å². The van der Waals surface area contributed by atoms with Crippen LogP contribution in [0.15, 0.2) is 24.3 Å². The summed E-state index contributed by atoms with van der Waals surface area (Å²) in [7, 11) is 1.38. The molecule has 2 fully saturated rings. The Hall–Kier alpha value is -2.12. The number of hydrogen-bond acceptors (Lipinski definition) is 5. The minimum Gasteiger partial charge on any atom is -0.469 e. The van der Waals surface area contributed by atoms with Crippen LogP contribution in [0.3, 0.4) is 0 Å².